The van der Waals surface area contributed by atoms with Crippen molar-refractivity contribution in [3.8, 4) is 0 Å². The average Bonchev–Trinajstić information content (AvgIpc) is 2.03. The third-order valence-corrected chi connectivity index (χ3v) is 5.10. The van der Waals surface area contributed by atoms with Gasteiger partial charge < -0.3 is 0 Å². The normalized spacial score (nSPS) is 36.1. The van der Waals surface area contributed by atoms with Gasteiger partial charge in [-0.05, 0) is 38.1 Å². The van der Waals surface area contributed by atoms with Gasteiger partial charge in [-0.2, -0.15) is 0 Å². The maximum atomic E-state index is 11.6. The summed E-state index contributed by atoms with van der Waals surface area (Å²) in [6, 6.07) is 0. The van der Waals surface area contributed by atoms with E-state index in [9.17, 15) is 8.42 Å². The summed E-state index contributed by atoms with van der Waals surface area (Å²) in [6.45, 7) is 4.23. The third-order valence-electron chi connectivity index (χ3n) is 3.04. The minimum atomic E-state index is -3.04. The predicted molar refractivity (Wildman–Crippen MR) is 53.9 cm³/mol. The van der Waals surface area contributed by atoms with E-state index >= 15 is 0 Å². The predicted octanol–water partition coefficient (Wildman–Crippen LogP) is 1.36. The highest BCUT2D eigenvalue weighted by Gasteiger charge is 2.33. The number of nitrogens with one attached hydrogen (secondary N) is 1. The SMILES string of the molecule is CNS(=O)(=O)C1CCC(C)CC1C. The zero-order valence-electron chi connectivity index (χ0n) is 8.58. The Kier molecular flexibility index (Phi) is 3.35. The molecule has 1 N–H and O–H groups in total. The van der Waals surface area contributed by atoms with Crippen LogP contribution in [-0.4, -0.2) is 20.7 Å². The molecule has 13 heavy (non-hydrogen) atoms. The summed E-state index contributed by atoms with van der Waals surface area (Å²) < 4.78 is 25.5. The molecule has 1 fully saturated rings. The first-order valence-electron chi connectivity index (χ1n) is 4.89. The van der Waals surface area contributed by atoms with Crippen LogP contribution in [0.15, 0.2) is 0 Å². The second kappa shape index (κ2) is 3.96. The molecular formula is C9H19NO2S. The highest BCUT2D eigenvalue weighted by atomic mass is 32.2. The van der Waals surface area contributed by atoms with E-state index in [0.717, 1.165) is 19.3 Å². The molecule has 3 nitrogen and oxygen atoms in total. The van der Waals surface area contributed by atoms with Gasteiger partial charge in [0.1, 0.15) is 0 Å². The number of sulfonamides is 1. The number of hydrogen-bond donors (Lipinski definition) is 1. The van der Waals surface area contributed by atoms with Crippen molar-refractivity contribution in [2.24, 2.45) is 11.8 Å². The zero-order valence-corrected chi connectivity index (χ0v) is 9.39. The summed E-state index contributed by atoms with van der Waals surface area (Å²) >= 11 is 0. The lowest BCUT2D eigenvalue weighted by atomic mass is 9.83. The van der Waals surface area contributed by atoms with Crippen LogP contribution in [0.3, 0.4) is 0 Å². The molecule has 0 aromatic carbocycles. The molecule has 3 unspecified atom stereocenters. The van der Waals surface area contributed by atoms with Crippen LogP contribution in [0.5, 0.6) is 0 Å². The Morgan fingerprint density at radius 2 is 1.85 bits per heavy atom. The summed E-state index contributed by atoms with van der Waals surface area (Å²) in [7, 11) is -1.54. The first-order valence-corrected chi connectivity index (χ1v) is 6.44. The highest BCUT2D eigenvalue weighted by molar-refractivity contribution is 7.90. The van der Waals surface area contributed by atoms with Crippen molar-refractivity contribution >= 4 is 10.0 Å². The van der Waals surface area contributed by atoms with Crippen LogP contribution in [0.25, 0.3) is 0 Å². The first-order chi connectivity index (χ1) is 5.97. The van der Waals surface area contributed by atoms with Crippen LogP contribution in [0.1, 0.15) is 33.1 Å². The molecule has 0 heterocycles. The molecule has 78 valence electrons. The van der Waals surface area contributed by atoms with Gasteiger partial charge in [0.2, 0.25) is 10.0 Å². The van der Waals surface area contributed by atoms with Crippen LogP contribution in [0, 0.1) is 11.8 Å². The van der Waals surface area contributed by atoms with Gasteiger partial charge in [0.05, 0.1) is 5.25 Å². The van der Waals surface area contributed by atoms with Crippen molar-refractivity contribution in [2.75, 3.05) is 7.05 Å². The van der Waals surface area contributed by atoms with Crippen LogP contribution < -0.4 is 4.72 Å². The molecule has 0 aromatic rings. The van der Waals surface area contributed by atoms with Crippen molar-refractivity contribution in [1.82, 2.24) is 4.72 Å². The van der Waals surface area contributed by atoms with E-state index in [1.54, 1.807) is 0 Å². The highest BCUT2D eigenvalue weighted by Crippen LogP contribution is 2.32. The van der Waals surface area contributed by atoms with Gasteiger partial charge in [0, 0.05) is 0 Å². The summed E-state index contributed by atoms with van der Waals surface area (Å²) in [5, 5.41) is -0.173. The fourth-order valence-corrected chi connectivity index (χ4v) is 3.72. The Morgan fingerprint density at radius 1 is 1.23 bits per heavy atom. The van der Waals surface area contributed by atoms with Gasteiger partial charge in [0.15, 0.2) is 0 Å². The molecule has 0 saturated heterocycles. The second-order valence-corrected chi connectivity index (χ2v) is 6.29. The van der Waals surface area contributed by atoms with Crippen molar-refractivity contribution in [2.45, 2.75) is 38.4 Å². The lowest BCUT2D eigenvalue weighted by molar-refractivity contribution is 0.300. The van der Waals surface area contributed by atoms with Crippen LogP contribution in [0.4, 0.5) is 0 Å². The molecule has 1 aliphatic rings. The molecule has 0 spiro atoms. The molecule has 0 amide bonds. The largest absolute Gasteiger partial charge is 0.218 e. The zero-order chi connectivity index (χ0) is 10.1. The van der Waals surface area contributed by atoms with Crippen molar-refractivity contribution in [3.63, 3.8) is 0 Å². The minimum absolute atomic E-state index is 0.173. The summed E-state index contributed by atoms with van der Waals surface area (Å²) in [5.74, 6) is 0.972. The Labute approximate surface area is 81.0 Å². The molecule has 0 aromatic heterocycles. The molecule has 1 rings (SSSR count). The Bertz CT molecular complexity index is 261. The van der Waals surface area contributed by atoms with Crippen LogP contribution in [0.2, 0.25) is 0 Å². The van der Waals surface area contributed by atoms with Gasteiger partial charge in [-0.25, -0.2) is 13.1 Å². The van der Waals surface area contributed by atoms with Crippen LogP contribution >= 0.6 is 0 Å². The number of rotatable bonds is 2. The summed E-state index contributed by atoms with van der Waals surface area (Å²) in [4.78, 5) is 0. The molecule has 4 heteroatoms. The van der Waals surface area contributed by atoms with E-state index in [4.69, 9.17) is 0 Å². The fourth-order valence-electron chi connectivity index (χ4n) is 2.25. The van der Waals surface area contributed by atoms with Gasteiger partial charge in [-0.3, -0.25) is 0 Å². The molecular weight excluding hydrogens is 186 g/mol. The lowest BCUT2D eigenvalue weighted by Gasteiger charge is -2.31. The number of hydrogen-bond acceptors (Lipinski definition) is 2. The summed E-state index contributed by atoms with van der Waals surface area (Å²) in [6.07, 6.45) is 2.88. The quantitative estimate of drug-likeness (QED) is 0.740. The molecule has 3 atom stereocenters. The minimum Gasteiger partial charge on any atom is -0.218 e. The topological polar surface area (TPSA) is 46.2 Å². The summed E-state index contributed by atoms with van der Waals surface area (Å²) in [5.41, 5.74) is 0. The smallest absolute Gasteiger partial charge is 0.214 e. The third kappa shape index (κ3) is 2.44. The second-order valence-electron chi connectivity index (χ2n) is 4.18. The molecule has 1 saturated carbocycles. The van der Waals surface area contributed by atoms with Crippen LogP contribution in [-0.2, 0) is 10.0 Å². The monoisotopic (exact) mass is 205 g/mol. The first kappa shape index (κ1) is 11.0. The van der Waals surface area contributed by atoms with Crippen molar-refractivity contribution in [3.05, 3.63) is 0 Å². The molecule has 1 aliphatic carbocycles. The van der Waals surface area contributed by atoms with E-state index in [-0.39, 0.29) is 5.25 Å². The van der Waals surface area contributed by atoms with Crippen molar-refractivity contribution < 1.29 is 8.42 Å². The van der Waals surface area contributed by atoms with E-state index in [0.29, 0.717) is 11.8 Å². The van der Waals surface area contributed by atoms with E-state index < -0.39 is 10.0 Å². The standard InChI is InChI=1S/C9H19NO2S/c1-7-4-5-9(8(2)6-7)13(11,12)10-3/h7-10H,4-6H2,1-3H3. The average molecular weight is 205 g/mol. The fraction of sp³-hybridized carbons (Fsp3) is 1.00. The Balaban J connectivity index is 2.72. The molecule has 0 bridgehead atoms. The van der Waals surface area contributed by atoms with Gasteiger partial charge in [0.25, 0.3) is 0 Å². The van der Waals surface area contributed by atoms with Crippen molar-refractivity contribution in [1.29, 1.82) is 0 Å². The molecule has 0 radical (unpaired) electrons. The maximum absolute atomic E-state index is 11.6. The van der Waals surface area contributed by atoms with Gasteiger partial charge >= 0.3 is 0 Å². The van der Waals surface area contributed by atoms with E-state index in [2.05, 4.69) is 11.6 Å². The van der Waals surface area contributed by atoms with Gasteiger partial charge in [-0.1, -0.05) is 13.8 Å². The Morgan fingerprint density at radius 3 is 2.31 bits per heavy atom. The molecule has 0 aliphatic heterocycles. The maximum Gasteiger partial charge on any atom is 0.214 e. The van der Waals surface area contributed by atoms with E-state index in [1.807, 2.05) is 6.92 Å². The van der Waals surface area contributed by atoms with E-state index in [1.165, 1.54) is 7.05 Å². The van der Waals surface area contributed by atoms with Gasteiger partial charge in [-0.15, -0.1) is 0 Å². The lowest BCUT2D eigenvalue weighted by Crippen LogP contribution is -2.39. The Hall–Kier alpha value is -0.0900.